The first kappa shape index (κ1) is 15.5. The highest BCUT2D eigenvalue weighted by atomic mass is 32.1. The Morgan fingerprint density at radius 3 is 2.84 bits per heavy atom. The average molecular weight is 349 g/mol. The monoisotopic (exact) mass is 349 g/mol. The number of benzene rings is 2. The predicted octanol–water partition coefficient (Wildman–Crippen LogP) is 3.40. The van der Waals surface area contributed by atoms with Gasteiger partial charge in [0, 0.05) is 17.8 Å². The molecule has 0 aliphatic rings. The minimum atomic E-state index is -0.418. The third-order valence-electron chi connectivity index (χ3n) is 4.21. The summed E-state index contributed by atoms with van der Waals surface area (Å²) in [5, 5.41) is 6.91. The van der Waals surface area contributed by atoms with Crippen LogP contribution in [0.15, 0.2) is 65.0 Å². The Balaban J connectivity index is 1.62. The fourth-order valence-electron chi connectivity index (χ4n) is 2.82. The second kappa shape index (κ2) is 6.14. The van der Waals surface area contributed by atoms with E-state index in [1.165, 1.54) is 21.9 Å². The minimum Gasteiger partial charge on any atom is -0.345 e. The van der Waals surface area contributed by atoms with E-state index >= 15 is 0 Å². The Morgan fingerprint density at radius 2 is 2.00 bits per heavy atom. The summed E-state index contributed by atoms with van der Waals surface area (Å²) >= 11 is 1.35. The average Bonchev–Trinajstić information content (AvgIpc) is 3.11. The summed E-state index contributed by atoms with van der Waals surface area (Å²) in [4.78, 5) is 29.6. The van der Waals surface area contributed by atoms with Gasteiger partial charge in [-0.05, 0) is 29.3 Å². The number of hydrogen-bond acceptors (Lipinski definition) is 4. The standard InChI is InChI=1S/C19H15N3O2S/c1-12(14-7-6-13-4-2-3-5-15(13)10-14)21-17(23)16-11-20-19-22(18(16)24)8-9-25-19/h2-12H,1H3,(H,21,23). The lowest BCUT2D eigenvalue weighted by atomic mass is 10.0. The molecule has 0 radical (unpaired) electrons. The number of rotatable bonds is 3. The van der Waals surface area contributed by atoms with Crippen LogP contribution in [0.1, 0.15) is 28.9 Å². The molecule has 2 heterocycles. The number of nitrogens with zero attached hydrogens (tertiary/aromatic N) is 2. The van der Waals surface area contributed by atoms with Crippen LogP contribution in [0.5, 0.6) is 0 Å². The van der Waals surface area contributed by atoms with Gasteiger partial charge in [-0.25, -0.2) is 4.98 Å². The van der Waals surface area contributed by atoms with Crippen LogP contribution in [0.25, 0.3) is 15.7 Å². The lowest BCUT2D eigenvalue weighted by molar-refractivity contribution is 0.0938. The largest absolute Gasteiger partial charge is 0.345 e. The van der Waals surface area contributed by atoms with Crippen LogP contribution < -0.4 is 10.9 Å². The molecule has 1 unspecified atom stereocenters. The van der Waals surface area contributed by atoms with Crippen LogP contribution >= 0.6 is 11.3 Å². The molecule has 0 aliphatic carbocycles. The van der Waals surface area contributed by atoms with Gasteiger partial charge < -0.3 is 5.32 Å². The maximum Gasteiger partial charge on any atom is 0.271 e. The smallest absolute Gasteiger partial charge is 0.271 e. The summed E-state index contributed by atoms with van der Waals surface area (Å²) < 4.78 is 1.39. The summed E-state index contributed by atoms with van der Waals surface area (Å²) in [7, 11) is 0. The van der Waals surface area contributed by atoms with Gasteiger partial charge >= 0.3 is 0 Å². The molecule has 4 aromatic rings. The predicted molar refractivity (Wildman–Crippen MR) is 99.2 cm³/mol. The summed E-state index contributed by atoms with van der Waals surface area (Å²) in [6, 6.07) is 13.9. The maximum absolute atomic E-state index is 12.5. The van der Waals surface area contributed by atoms with Gasteiger partial charge in [-0.2, -0.15) is 0 Å². The van der Waals surface area contributed by atoms with Gasteiger partial charge in [0.15, 0.2) is 4.96 Å². The molecule has 124 valence electrons. The van der Waals surface area contributed by atoms with Gasteiger partial charge in [-0.1, -0.05) is 36.4 Å². The van der Waals surface area contributed by atoms with Gasteiger partial charge in [-0.15, -0.1) is 11.3 Å². The molecule has 2 aromatic heterocycles. The van der Waals surface area contributed by atoms with Crippen molar-refractivity contribution < 1.29 is 4.79 Å². The zero-order chi connectivity index (χ0) is 17.4. The number of thiazole rings is 1. The van der Waals surface area contributed by atoms with Crippen molar-refractivity contribution in [2.75, 3.05) is 0 Å². The quantitative estimate of drug-likeness (QED) is 0.616. The SMILES string of the molecule is CC(NC(=O)c1cnc2sccn2c1=O)c1ccc2ccccc2c1. The van der Waals surface area contributed by atoms with Crippen molar-refractivity contribution in [2.45, 2.75) is 13.0 Å². The van der Waals surface area contributed by atoms with E-state index in [0.29, 0.717) is 4.96 Å². The van der Waals surface area contributed by atoms with Gasteiger partial charge in [0.1, 0.15) is 5.56 Å². The van der Waals surface area contributed by atoms with Crippen LogP contribution in [0.4, 0.5) is 0 Å². The van der Waals surface area contributed by atoms with E-state index in [2.05, 4.69) is 10.3 Å². The molecule has 1 amide bonds. The van der Waals surface area contributed by atoms with E-state index in [4.69, 9.17) is 0 Å². The Labute approximate surface area is 147 Å². The van der Waals surface area contributed by atoms with Crippen LogP contribution in [0.2, 0.25) is 0 Å². The second-order valence-electron chi connectivity index (χ2n) is 5.83. The van der Waals surface area contributed by atoms with E-state index in [-0.39, 0.29) is 17.2 Å². The maximum atomic E-state index is 12.5. The molecule has 0 spiro atoms. The lowest BCUT2D eigenvalue weighted by Gasteiger charge is -2.15. The number of hydrogen-bond donors (Lipinski definition) is 1. The zero-order valence-corrected chi connectivity index (χ0v) is 14.3. The Kier molecular flexibility index (Phi) is 3.82. The van der Waals surface area contributed by atoms with Gasteiger partial charge in [-0.3, -0.25) is 14.0 Å². The second-order valence-corrected chi connectivity index (χ2v) is 6.71. The van der Waals surface area contributed by atoms with Crippen LogP contribution in [-0.2, 0) is 0 Å². The summed E-state index contributed by atoms with van der Waals surface area (Å²) in [5.41, 5.74) is 0.676. The zero-order valence-electron chi connectivity index (χ0n) is 13.5. The molecule has 0 saturated heterocycles. The molecule has 0 fully saturated rings. The molecule has 0 aliphatic heterocycles. The number of aromatic nitrogens is 2. The molecule has 6 heteroatoms. The van der Waals surface area contributed by atoms with Crippen molar-refractivity contribution in [2.24, 2.45) is 0 Å². The fourth-order valence-corrected chi connectivity index (χ4v) is 3.49. The normalized spacial score (nSPS) is 12.4. The number of carbonyl (C=O) groups is 1. The van der Waals surface area contributed by atoms with Crippen molar-refractivity contribution in [1.29, 1.82) is 0 Å². The van der Waals surface area contributed by atoms with E-state index in [9.17, 15) is 9.59 Å². The molecule has 2 aromatic carbocycles. The molecule has 1 atom stereocenters. The highest BCUT2D eigenvalue weighted by molar-refractivity contribution is 7.15. The van der Waals surface area contributed by atoms with Crippen LogP contribution in [0.3, 0.4) is 0 Å². The van der Waals surface area contributed by atoms with Crippen molar-refractivity contribution in [3.8, 4) is 0 Å². The summed E-state index contributed by atoms with van der Waals surface area (Å²) in [6.45, 7) is 1.90. The Bertz CT molecular complexity index is 1150. The Hall–Kier alpha value is -2.99. The summed E-state index contributed by atoms with van der Waals surface area (Å²) in [6.07, 6.45) is 2.97. The highest BCUT2D eigenvalue weighted by Crippen LogP contribution is 2.20. The van der Waals surface area contributed by atoms with Crippen molar-refractivity contribution in [3.63, 3.8) is 0 Å². The molecular formula is C19H15N3O2S. The van der Waals surface area contributed by atoms with Crippen molar-refractivity contribution in [1.82, 2.24) is 14.7 Å². The van der Waals surface area contributed by atoms with E-state index in [1.54, 1.807) is 11.6 Å². The molecule has 0 saturated carbocycles. The third kappa shape index (κ3) is 2.81. The molecule has 4 rings (SSSR count). The van der Waals surface area contributed by atoms with Crippen molar-refractivity contribution in [3.05, 3.63) is 81.7 Å². The lowest BCUT2D eigenvalue weighted by Crippen LogP contribution is -2.32. The minimum absolute atomic E-state index is 0.0449. The van der Waals surface area contributed by atoms with Gasteiger partial charge in [0.05, 0.1) is 6.04 Å². The highest BCUT2D eigenvalue weighted by Gasteiger charge is 2.17. The molecule has 0 bridgehead atoms. The topological polar surface area (TPSA) is 63.5 Å². The van der Waals surface area contributed by atoms with E-state index in [1.807, 2.05) is 49.4 Å². The molecule has 25 heavy (non-hydrogen) atoms. The van der Waals surface area contributed by atoms with E-state index < -0.39 is 5.91 Å². The Morgan fingerprint density at radius 1 is 1.20 bits per heavy atom. The first-order valence-electron chi connectivity index (χ1n) is 7.88. The van der Waals surface area contributed by atoms with Crippen LogP contribution in [-0.4, -0.2) is 15.3 Å². The summed E-state index contributed by atoms with van der Waals surface area (Å²) in [5.74, 6) is -0.418. The fraction of sp³-hybridized carbons (Fsp3) is 0.105. The van der Waals surface area contributed by atoms with E-state index in [0.717, 1.165) is 16.3 Å². The number of carbonyl (C=O) groups excluding carboxylic acids is 1. The molecule has 1 N–H and O–H groups in total. The van der Waals surface area contributed by atoms with Gasteiger partial charge in [0.2, 0.25) is 0 Å². The number of nitrogens with one attached hydrogen (secondary N) is 1. The molecule has 5 nitrogen and oxygen atoms in total. The van der Waals surface area contributed by atoms with Crippen LogP contribution in [0, 0.1) is 0 Å². The molecular weight excluding hydrogens is 334 g/mol. The third-order valence-corrected chi connectivity index (χ3v) is 4.98. The number of fused-ring (bicyclic) bond motifs is 2. The number of amides is 1. The first-order chi connectivity index (χ1) is 12.1. The first-order valence-corrected chi connectivity index (χ1v) is 8.76. The van der Waals surface area contributed by atoms with Gasteiger partial charge in [0.25, 0.3) is 11.5 Å². The van der Waals surface area contributed by atoms with Crippen molar-refractivity contribution >= 4 is 33.0 Å².